The normalized spacial score (nSPS) is 11.3. The van der Waals surface area contributed by atoms with Crippen molar-refractivity contribution < 1.29 is 4.79 Å². The van der Waals surface area contributed by atoms with E-state index in [1.54, 1.807) is 11.8 Å². The van der Waals surface area contributed by atoms with Gasteiger partial charge in [0.05, 0.1) is 11.2 Å². The van der Waals surface area contributed by atoms with Gasteiger partial charge < -0.3 is 0 Å². The molecule has 0 atom stereocenters. The van der Waals surface area contributed by atoms with Crippen molar-refractivity contribution in [3.8, 4) is 0 Å². The fourth-order valence-corrected chi connectivity index (χ4v) is 4.55. The second-order valence-corrected chi connectivity index (χ2v) is 10.2. The van der Waals surface area contributed by atoms with Crippen molar-refractivity contribution in [2.24, 2.45) is 0 Å². The summed E-state index contributed by atoms with van der Waals surface area (Å²) in [6, 6.07) is 26.1. The van der Waals surface area contributed by atoms with Gasteiger partial charge in [-0.1, -0.05) is 81.9 Å². The molecule has 3 aromatic carbocycles. The van der Waals surface area contributed by atoms with Gasteiger partial charge in [0.15, 0.2) is 0 Å². The van der Waals surface area contributed by atoms with Gasteiger partial charge in [0, 0.05) is 27.8 Å². The lowest BCUT2D eigenvalue weighted by Gasteiger charge is -2.19. The number of hydrogen-bond acceptors (Lipinski definition) is 4. The van der Waals surface area contributed by atoms with Gasteiger partial charge in [-0.2, -0.15) is 0 Å². The Hall–Kier alpha value is -3.57. The van der Waals surface area contributed by atoms with Gasteiger partial charge >= 0.3 is 0 Å². The van der Waals surface area contributed by atoms with Crippen molar-refractivity contribution in [3.05, 3.63) is 114 Å². The third-order valence-electron chi connectivity index (χ3n) is 5.63. The molecule has 4 nitrogen and oxygen atoms in total. The molecule has 0 radical (unpaired) electrons. The Balaban J connectivity index is 1.32. The van der Waals surface area contributed by atoms with Crippen molar-refractivity contribution >= 4 is 34.3 Å². The number of thioether (sulfide) groups is 1. The van der Waals surface area contributed by atoms with E-state index in [2.05, 4.69) is 79.6 Å². The Morgan fingerprint density at radius 1 is 0.882 bits per heavy atom. The molecule has 4 rings (SSSR count). The molecule has 0 aliphatic heterocycles. The molecule has 1 heterocycles. The average Bonchev–Trinajstić information content (AvgIpc) is 2.85. The number of rotatable bonds is 7. The first kappa shape index (κ1) is 23.6. The number of carbonyl (C=O) groups excluding carboxylic acids is 1. The summed E-state index contributed by atoms with van der Waals surface area (Å²) in [4.78, 5) is 18.2. The number of aromatic nitrogens is 1. The van der Waals surface area contributed by atoms with E-state index >= 15 is 0 Å². The fraction of sp³-hybridized carbons (Fsp3) is 0.172. The summed E-state index contributed by atoms with van der Waals surface area (Å²) in [6.07, 6.45) is 1.82. The lowest BCUT2D eigenvalue weighted by molar-refractivity contribution is 0.0942. The van der Waals surface area contributed by atoms with Crippen LogP contribution in [-0.2, 0) is 11.2 Å². The summed E-state index contributed by atoms with van der Waals surface area (Å²) < 4.78 is 0. The van der Waals surface area contributed by atoms with Crippen molar-refractivity contribution in [2.75, 3.05) is 0 Å². The monoisotopic (exact) mass is 467 g/mol. The van der Waals surface area contributed by atoms with Gasteiger partial charge in [-0.3, -0.25) is 20.6 Å². The number of carbonyl (C=O) groups is 1. The maximum Gasteiger partial charge on any atom is 0.269 e. The van der Waals surface area contributed by atoms with E-state index in [9.17, 15) is 4.79 Å². The summed E-state index contributed by atoms with van der Waals surface area (Å²) >= 11 is 1.74. The van der Waals surface area contributed by atoms with Crippen LogP contribution in [-0.4, -0.2) is 10.9 Å². The van der Waals surface area contributed by atoms with Gasteiger partial charge in [-0.15, -0.1) is 11.8 Å². The topological polar surface area (TPSA) is 54.0 Å². The van der Waals surface area contributed by atoms with Crippen molar-refractivity contribution in [2.45, 2.75) is 36.8 Å². The highest BCUT2D eigenvalue weighted by atomic mass is 32.2. The largest absolute Gasteiger partial charge is 0.298 e. The second-order valence-electron chi connectivity index (χ2n) is 9.20. The quantitative estimate of drug-likeness (QED) is 0.234. The zero-order chi connectivity index (χ0) is 24.1. The molecule has 172 valence electrons. The lowest BCUT2D eigenvalue weighted by Crippen LogP contribution is -2.35. The number of amides is 1. The molecule has 2 N–H and O–H groups in total. The van der Waals surface area contributed by atoms with Crippen molar-refractivity contribution in [1.82, 2.24) is 15.8 Å². The average molecular weight is 468 g/mol. The number of hydrogen-bond donors (Lipinski definition) is 2. The molecule has 0 aliphatic rings. The van der Waals surface area contributed by atoms with Crippen molar-refractivity contribution in [1.29, 1.82) is 0 Å². The number of hydrazine groups is 1. The molecule has 0 fully saturated rings. The highest BCUT2D eigenvalue weighted by molar-refractivity contribution is 7.98. The van der Waals surface area contributed by atoms with E-state index < -0.39 is 0 Å². The lowest BCUT2D eigenvalue weighted by atomic mass is 9.86. The zero-order valence-corrected chi connectivity index (χ0v) is 20.6. The molecule has 5 heteroatoms. The highest BCUT2D eigenvalue weighted by Crippen LogP contribution is 2.29. The van der Waals surface area contributed by atoms with Crippen LogP contribution in [0.1, 0.15) is 47.8 Å². The van der Waals surface area contributed by atoms with E-state index in [1.807, 2.05) is 48.7 Å². The Bertz CT molecular complexity index is 1300. The Kier molecular flexibility index (Phi) is 7.03. The molecule has 0 saturated heterocycles. The summed E-state index contributed by atoms with van der Waals surface area (Å²) in [7, 11) is 0. The predicted molar refractivity (Wildman–Crippen MR) is 143 cm³/mol. The highest BCUT2D eigenvalue weighted by Gasteiger charge is 2.13. The number of nitrogens with one attached hydrogen (secondary N) is 2. The minimum atomic E-state index is -0.204. The smallest absolute Gasteiger partial charge is 0.269 e. The third-order valence-corrected chi connectivity index (χ3v) is 6.75. The minimum Gasteiger partial charge on any atom is -0.298 e. The number of fused-ring (bicyclic) bond motifs is 1. The Labute approximate surface area is 205 Å². The minimum absolute atomic E-state index is 0.0952. The summed E-state index contributed by atoms with van der Waals surface area (Å²) in [5.41, 5.74) is 11.3. The van der Waals surface area contributed by atoms with Crippen LogP contribution < -0.4 is 10.9 Å². The van der Waals surface area contributed by atoms with Crippen LogP contribution in [0.5, 0.6) is 0 Å². The maximum absolute atomic E-state index is 12.6. The summed E-state index contributed by atoms with van der Waals surface area (Å²) in [5, 5.41) is 1.14. The van der Waals surface area contributed by atoms with Gasteiger partial charge in [0.1, 0.15) is 0 Å². The standard InChI is InChI=1S/C29H29N3OS/c1-20(22-14-16-25(17-15-22)29(2,3)4)31-32-28(33)24-12-10-21(11-13-24)19-34-26-9-5-7-23-8-6-18-30-27(23)26/h5-18,31H,1,19H2,2-4H3,(H,32,33). The van der Waals surface area contributed by atoms with E-state index in [-0.39, 0.29) is 11.3 Å². The predicted octanol–water partition coefficient (Wildman–Crippen LogP) is 6.73. The van der Waals surface area contributed by atoms with Gasteiger partial charge in [0.2, 0.25) is 0 Å². The first-order valence-electron chi connectivity index (χ1n) is 11.2. The molecule has 0 saturated carbocycles. The molecule has 34 heavy (non-hydrogen) atoms. The first-order valence-corrected chi connectivity index (χ1v) is 12.2. The molecule has 0 unspecified atom stereocenters. The fourth-order valence-electron chi connectivity index (χ4n) is 3.55. The summed E-state index contributed by atoms with van der Waals surface area (Å²) in [6.45, 7) is 10.6. The SMILES string of the molecule is C=C(NNC(=O)c1ccc(CSc2cccc3cccnc23)cc1)c1ccc(C(C)(C)C)cc1. The number of pyridine rings is 1. The number of para-hydroxylation sites is 1. The van der Waals surface area contributed by atoms with Crippen LogP contribution in [0.15, 0.2) is 96.5 Å². The van der Waals surface area contributed by atoms with Crippen molar-refractivity contribution in [3.63, 3.8) is 0 Å². The van der Waals surface area contributed by atoms with E-state index in [4.69, 9.17) is 0 Å². The number of benzene rings is 3. The molecule has 0 aliphatic carbocycles. The molecule has 4 aromatic rings. The van der Waals surface area contributed by atoms with Crippen LogP contribution in [0.25, 0.3) is 16.6 Å². The first-order chi connectivity index (χ1) is 16.3. The number of nitrogens with zero attached hydrogens (tertiary/aromatic N) is 1. The summed E-state index contributed by atoms with van der Waals surface area (Å²) in [5.74, 6) is 0.599. The molecule has 0 bridgehead atoms. The van der Waals surface area contributed by atoms with Gasteiger partial charge in [-0.25, -0.2) is 0 Å². The van der Waals surface area contributed by atoms with Gasteiger partial charge in [-0.05, 0) is 46.4 Å². The van der Waals surface area contributed by atoms with E-state index in [0.29, 0.717) is 11.3 Å². The molecular formula is C29H29N3OS. The maximum atomic E-state index is 12.6. The van der Waals surface area contributed by atoms with Crippen LogP contribution in [0.2, 0.25) is 0 Å². The molecule has 0 spiro atoms. The Morgan fingerprint density at radius 3 is 2.26 bits per heavy atom. The van der Waals surface area contributed by atoms with Crippen LogP contribution in [0.3, 0.4) is 0 Å². The zero-order valence-electron chi connectivity index (χ0n) is 19.8. The molecular weight excluding hydrogens is 438 g/mol. The van der Waals surface area contributed by atoms with E-state index in [1.165, 1.54) is 5.56 Å². The Morgan fingerprint density at radius 2 is 1.56 bits per heavy atom. The van der Waals surface area contributed by atoms with Gasteiger partial charge in [0.25, 0.3) is 5.91 Å². The van der Waals surface area contributed by atoms with E-state index in [0.717, 1.165) is 32.7 Å². The van der Waals surface area contributed by atoms with Crippen LogP contribution >= 0.6 is 11.8 Å². The molecule has 1 amide bonds. The molecule has 1 aromatic heterocycles. The van der Waals surface area contributed by atoms with Crippen LogP contribution in [0.4, 0.5) is 0 Å². The second kappa shape index (κ2) is 10.1. The van der Waals surface area contributed by atoms with Crippen LogP contribution in [0, 0.1) is 0 Å². The third kappa shape index (κ3) is 5.67.